The molecule has 0 fully saturated rings. The Morgan fingerprint density at radius 2 is 2.03 bits per heavy atom. The van der Waals surface area contributed by atoms with Gasteiger partial charge in [-0.05, 0) is 48.2 Å². The van der Waals surface area contributed by atoms with Gasteiger partial charge in [0.15, 0.2) is 11.3 Å². The summed E-state index contributed by atoms with van der Waals surface area (Å²) in [6.45, 7) is 1.79. The van der Waals surface area contributed by atoms with Crippen molar-refractivity contribution in [3.05, 3.63) is 68.9 Å². The van der Waals surface area contributed by atoms with E-state index in [1.165, 1.54) is 23.8 Å². The summed E-state index contributed by atoms with van der Waals surface area (Å²) in [6.07, 6.45) is 2.09. The van der Waals surface area contributed by atoms with E-state index in [0.717, 1.165) is 11.1 Å². The third-order valence-corrected chi connectivity index (χ3v) is 4.92. The van der Waals surface area contributed by atoms with E-state index in [1.54, 1.807) is 32.3 Å². The minimum atomic E-state index is -0.754. The molecule has 1 aromatic carbocycles. The fourth-order valence-electron chi connectivity index (χ4n) is 3.21. The zero-order valence-corrected chi connectivity index (χ0v) is 17.0. The molecular weight excluding hydrogens is 399 g/mol. The molecule has 0 aliphatic carbocycles. The maximum Gasteiger partial charge on any atom is 0.347 e. The summed E-state index contributed by atoms with van der Waals surface area (Å²) < 4.78 is 25.1. The maximum absolute atomic E-state index is 13.5. The Morgan fingerprint density at radius 1 is 1.28 bits per heavy atom. The van der Waals surface area contributed by atoms with Crippen molar-refractivity contribution in [1.29, 1.82) is 0 Å². The van der Waals surface area contributed by atoms with Crippen molar-refractivity contribution >= 4 is 28.6 Å². The van der Waals surface area contributed by atoms with E-state index in [0.29, 0.717) is 23.0 Å². The molecule has 0 radical (unpaired) electrons. The lowest BCUT2D eigenvalue weighted by Crippen LogP contribution is -2.27. The summed E-state index contributed by atoms with van der Waals surface area (Å²) in [5.74, 6) is -0.838. The Balaban J connectivity index is 2.14. The van der Waals surface area contributed by atoms with Crippen LogP contribution >= 0.6 is 11.6 Å². The third kappa shape index (κ3) is 3.96. The number of hydrogen-bond donors (Lipinski definition) is 0. The van der Waals surface area contributed by atoms with Crippen LogP contribution in [0.15, 0.2) is 35.3 Å². The Kier molecular flexibility index (Phi) is 6.17. The first kappa shape index (κ1) is 20.8. The van der Waals surface area contributed by atoms with Gasteiger partial charge in [-0.1, -0.05) is 6.07 Å². The molecule has 0 bridgehead atoms. The molecule has 152 valence electrons. The van der Waals surface area contributed by atoms with E-state index < -0.39 is 11.5 Å². The Labute approximate surface area is 171 Å². The second kappa shape index (κ2) is 8.61. The number of aromatic nitrogens is 2. The topological polar surface area (TPSA) is 70.4 Å². The van der Waals surface area contributed by atoms with Crippen LogP contribution in [0.3, 0.4) is 0 Å². The van der Waals surface area contributed by atoms with E-state index in [4.69, 9.17) is 21.1 Å². The highest BCUT2D eigenvalue weighted by Crippen LogP contribution is 2.27. The fourth-order valence-corrected chi connectivity index (χ4v) is 3.46. The van der Waals surface area contributed by atoms with E-state index in [9.17, 15) is 14.0 Å². The number of carbonyl (C=O) groups excluding carboxylic acids is 1. The van der Waals surface area contributed by atoms with Crippen LogP contribution in [0.1, 0.15) is 34.0 Å². The number of hydrogen-bond acceptors (Lipinski definition) is 5. The number of fused-ring (bicyclic) bond motifs is 1. The Morgan fingerprint density at radius 3 is 2.69 bits per heavy atom. The van der Waals surface area contributed by atoms with Crippen LogP contribution in [0.25, 0.3) is 11.0 Å². The molecule has 29 heavy (non-hydrogen) atoms. The zero-order chi connectivity index (χ0) is 21.1. The van der Waals surface area contributed by atoms with Gasteiger partial charge in [0.05, 0.1) is 19.2 Å². The first-order valence-electron chi connectivity index (χ1n) is 8.97. The van der Waals surface area contributed by atoms with Gasteiger partial charge in [-0.2, -0.15) is 0 Å². The highest BCUT2D eigenvalue weighted by atomic mass is 35.5. The lowest BCUT2D eigenvalue weighted by molar-refractivity contribution is 0.0520. The van der Waals surface area contributed by atoms with Gasteiger partial charge in [-0.25, -0.2) is 9.18 Å². The van der Waals surface area contributed by atoms with Gasteiger partial charge in [-0.3, -0.25) is 9.78 Å². The standard InChI is InChI=1S/C21H20ClFN2O4/c1-4-29-21(27)17-19(28-3)18-16(25(2)20(17)26)8-12(11-24-18)7-13-5-6-15(23)9-14(13)10-22/h5-6,8-9,11H,4,7,10H2,1-3H3. The van der Waals surface area contributed by atoms with E-state index in [-0.39, 0.29) is 29.6 Å². The van der Waals surface area contributed by atoms with Crippen LogP contribution < -0.4 is 10.3 Å². The number of rotatable bonds is 6. The highest BCUT2D eigenvalue weighted by Gasteiger charge is 2.24. The van der Waals surface area contributed by atoms with Crippen molar-refractivity contribution < 1.29 is 18.7 Å². The number of aryl methyl sites for hydroxylation is 1. The number of carbonyl (C=O) groups is 1. The van der Waals surface area contributed by atoms with Crippen LogP contribution in [-0.2, 0) is 24.1 Å². The smallest absolute Gasteiger partial charge is 0.347 e. The molecule has 0 saturated heterocycles. The zero-order valence-electron chi connectivity index (χ0n) is 16.3. The molecule has 0 saturated carbocycles. The molecule has 0 spiro atoms. The van der Waals surface area contributed by atoms with Crippen molar-refractivity contribution in [3.8, 4) is 5.75 Å². The Bertz CT molecular complexity index is 1140. The average Bonchev–Trinajstić information content (AvgIpc) is 2.71. The molecule has 2 aromatic heterocycles. The molecule has 3 aromatic rings. The predicted molar refractivity (Wildman–Crippen MR) is 108 cm³/mol. The summed E-state index contributed by atoms with van der Waals surface area (Å²) in [6, 6.07) is 6.26. The summed E-state index contributed by atoms with van der Waals surface area (Å²) in [4.78, 5) is 29.5. The van der Waals surface area contributed by atoms with Gasteiger partial charge in [-0.15, -0.1) is 11.6 Å². The van der Waals surface area contributed by atoms with Gasteiger partial charge in [0.1, 0.15) is 11.3 Å². The Hall–Kier alpha value is -2.93. The molecule has 0 aliphatic heterocycles. The minimum absolute atomic E-state index is 0.0799. The quantitative estimate of drug-likeness (QED) is 0.452. The summed E-state index contributed by atoms with van der Waals surface area (Å²) >= 11 is 5.94. The van der Waals surface area contributed by atoms with Gasteiger partial charge < -0.3 is 14.0 Å². The largest absolute Gasteiger partial charge is 0.493 e. The number of ether oxygens (including phenoxy) is 2. The van der Waals surface area contributed by atoms with E-state index >= 15 is 0 Å². The first-order valence-corrected chi connectivity index (χ1v) is 9.50. The first-order chi connectivity index (χ1) is 13.9. The number of halogens is 2. The highest BCUT2D eigenvalue weighted by molar-refractivity contribution is 6.17. The number of nitrogens with zero attached hydrogens (tertiary/aromatic N) is 2. The molecule has 8 heteroatoms. The van der Waals surface area contributed by atoms with Crippen LogP contribution in [0, 0.1) is 5.82 Å². The van der Waals surface area contributed by atoms with Gasteiger partial charge in [0, 0.05) is 19.1 Å². The summed E-state index contributed by atoms with van der Waals surface area (Å²) in [5.41, 5.74) is 2.52. The van der Waals surface area contributed by atoms with E-state index in [2.05, 4.69) is 4.98 Å². The monoisotopic (exact) mass is 418 g/mol. The number of methoxy groups -OCH3 is 1. The predicted octanol–water partition coefficient (Wildman–Crippen LogP) is 3.59. The molecular formula is C21H20ClFN2O4. The molecule has 0 aliphatic rings. The number of benzene rings is 1. The van der Waals surface area contributed by atoms with Crippen LogP contribution in [0.2, 0.25) is 0 Å². The second-order valence-electron chi connectivity index (χ2n) is 6.43. The molecule has 0 unspecified atom stereocenters. The van der Waals surface area contributed by atoms with Gasteiger partial charge in [0.2, 0.25) is 0 Å². The van der Waals surface area contributed by atoms with Crippen LogP contribution in [0.5, 0.6) is 5.75 Å². The minimum Gasteiger partial charge on any atom is -0.493 e. The molecule has 0 amide bonds. The molecule has 0 atom stereocenters. The number of alkyl halides is 1. The van der Waals surface area contributed by atoms with Crippen LogP contribution in [-0.4, -0.2) is 29.2 Å². The lowest BCUT2D eigenvalue weighted by atomic mass is 10.0. The fraction of sp³-hybridized carbons (Fsp3) is 0.286. The maximum atomic E-state index is 13.5. The molecule has 3 rings (SSSR count). The van der Waals surface area contributed by atoms with Crippen molar-refractivity contribution in [2.75, 3.05) is 13.7 Å². The van der Waals surface area contributed by atoms with Gasteiger partial charge in [0.25, 0.3) is 5.56 Å². The molecule has 0 N–H and O–H groups in total. The summed E-state index contributed by atoms with van der Waals surface area (Å²) in [5, 5.41) is 0. The number of pyridine rings is 2. The third-order valence-electron chi connectivity index (χ3n) is 4.64. The number of esters is 1. The van der Waals surface area contributed by atoms with Crippen molar-refractivity contribution in [2.24, 2.45) is 7.05 Å². The lowest BCUT2D eigenvalue weighted by Gasteiger charge is -2.14. The van der Waals surface area contributed by atoms with Gasteiger partial charge >= 0.3 is 5.97 Å². The van der Waals surface area contributed by atoms with Crippen molar-refractivity contribution in [2.45, 2.75) is 19.2 Å². The molecule has 6 nitrogen and oxygen atoms in total. The second-order valence-corrected chi connectivity index (χ2v) is 6.69. The van der Waals surface area contributed by atoms with Crippen molar-refractivity contribution in [3.63, 3.8) is 0 Å². The normalized spacial score (nSPS) is 10.9. The van der Waals surface area contributed by atoms with E-state index in [1.807, 2.05) is 0 Å². The summed E-state index contributed by atoms with van der Waals surface area (Å²) in [7, 11) is 2.93. The molecule has 2 heterocycles. The van der Waals surface area contributed by atoms with Crippen LogP contribution in [0.4, 0.5) is 4.39 Å². The average molecular weight is 419 g/mol. The van der Waals surface area contributed by atoms with Crippen molar-refractivity contribution in [1.82, 2.24) is 9.55 Å². The SMILES string of the molecule is CCOC(=O)c1c(OC)c2ncc(Cc3ccc(F)cc3CCl)cc2n(C)c1=O.